The van der Waals surface area contributed by atoms with Crippen molar-refractivity contribution in [2.75, 3.05) is 13.1 Å². The number of hydrogen-bond donors (Lipinski definition) is 2. The van der Waals surface area contributed by atoms with Crippen LogP contribution in [0.5, 0.6) is 0 Å². The summed E-state index contributed by atoms with van der Waals surface area (Å²) in [4.78, 5) is 2.60. The largest absolute Gasteiger partial charge is 0.393 e. The third-order valence-electron chi connectivity index (χ3n) is 9.66. The third-order valence-corrected chi connectivity index (χ3v) is 9.66. The number of nitrogens with zero attached hydrogens (tertiary/aromatic N) is 1. The van der Waals surface area contributed by atoms with E-state index in [1.165, 1.54) is 51.6 Å². The van der Waals surface area contributed by atoms with E-state index in [-0.39, 0.29) is 17.6 Å². The van der Waals surface area contributed by atoms with Crippen LogP contribution in [0.15, 0.2) is 11.6 Å². The van der Waals surface area contributed by atoms with Gasteiger partial charge in [0, 0.05) is 6.04 Å². The van der Waals surface area contributed by atoms with E-state index in [1.54, 1.807) is 5.57 Å². The molecular weight excluding hydrogens is 322 g/mol. The molecule has 0 radical (unpaired) electrons. The summed E-state index contributed by atoms with van der Waals surface area (Å²) in [5, 5.41) is 21.5. The Kier molecular flexibility index (Phi) is 4.12. The number of aliphatic hydroxyl groups excluding tert-OH is 2. The summed E-state index contributed by atoms with van der Waals surface area (Å²) in [5.41, 5.74) is 1.97. The molecule has 0 unspecified atom stereocenters. The molecule has 5 aliphatic rings. The number of allylic oxidation sites excluding steroid dienone is 1. The van der Waals surface area contributed by atoms with Gasteiger partial charge in [0.2, 0.25) is 0 Å². The Labute approximate surface area is 158 Å². The Morgan fingerprint density at radius 1 is 1.04 bits per heavy atom. The number of fused-ring (bicyclic) bond motifs is 5. The van der Waals surface area contributed by atoms with Gasteiger partial charge < -0.3 is 10.2 Å². The molecule has 2 N–H and O–H groups in total. The highest BCUT2D eigenvalue weighted by Gasteiger charge is 2.61. The molecule has 0 aromatic rings. The van der Waals surface area contributed by atoms with Crippen LogP contribution in [-0.2, 0) is 0 Å². The van der Waals surface area contributed by atoms with Gasteiger partial charge >= 0.3 is 0 Å². The minimum atomic E-state index is -0.141. The van der Waals surface area contributed by atoms with Crippen LogP contribution in [-0.4, -0.2) is 46.5 Å². The molecule has 4 fully saturated rings. The van der Waals surface area contributed by atoms with Crippen LogP contribution >= 0.6 is 0 Å². The predicted molar refractivity (Wildman–Crippen MR) is 104 cm³/mol. The normalized spacial score (nSPS) is 54.4. The second-order valence-corrected chi connectivity index (χ2v) is 10.7. The maximum atomic E-state index is 11.3. The maximum Gasteiger partial charge on any atom is 0.0751 e. The molecule has 146 valence electrons. The van der Waals surface area contributed by atoms with E-state index in [1.807, 2.05) is 0 Å². The van der Waals surface area contributed by atoms with Crippen LogP contribution in [0.2, 0.25) is 0 Å². The molecule has 4 aliphatic carbocycles. The van der Waals surface area contributed by atoms with Crippen molar-refractivity contribution in [3.8, 4) is 0 Å². The van der Waals surface area contributed by atoms with E-state index in [0.717, 1.165) is 31.1 Å². The zero-order valence-corrected chi connectivity index (χ0v) is 16.7. The first-order valence-corrected chi connectivity index (χ1v) is 11.2. The average molecular weight is 360 g/mol. The number of likely N-dealkylation sites (tertiary alicyclic amines) is 1. The van der Waals surface area contributed by atoms with E-state index in [9.17, 15) is 10.2 Å². The van der Waals surface area contributed by atoms with Crippen molar-refractivity contribution in [3.63, 3.8) is 0 Å². The van der Waals surface area contributed by atoms with E-state index >= 15 is 0 Å². The second kappa shape index (κ2) is 6.06. The molecule has 0 amide bonds. The van der Waals surface area contributed by atoms with Gasteiger partial charge in [-0.15, -0.1) is 0 Å². The van der Waals surface area contributed by atoms with E-state index in [0.29, 0.717) is 17.4 Å². The fourth-order valence-corrected chi connectivity index (χ4v) is 8.05. The van der Waals surface area contributed by atoms with E-state index in [2.05, 4.69) is 24.8 Å². The monoisotopic (exact) mass is 359 g/mol. The molecule has 1 saturated heterocycles. The van der Waals surface area contributed by atoms with Gasteiger partial charge in [0.25, 0.3) is 0 Å². The van der Waals surface area contributed by atoms with Crippen molar-refractivity contribution in [2.24, 2.45) is 28.6 Å². The summed E-state index contributed by atoms with van der Waals surface area (Å²) < 4.78 is 0. The second-order valence-electron chi connectivity index (χ2n) is 10.7. The first kappa shape index (κ1) is 17.7. The number of rotatable bonds is 1. The molecule has 3 saturated carbocycles. The van der Waals surface area contributed by atoms with Crippen molar-refractivity contribution in [3.05, 3.63) is 11.6 Å². The summed E-state index contributed by atoms with van der Waals surface area (Å²) >= 11 is 0. The minimum Gasteiger partial charge on any atom is -0.393 e. The number of hydrogen-bond acceptors (Lipinski definition) is 3. The van der Waals surface area contributed by atoms with Crippen LogP contribution in [0.4, 0.5) is 0 Å². The summed E-state index contributed by atoms with van der Waals surface area (Å²) in [7, 11) is 0. The first-order chi connectivity index (χ1) is 12.4. The first-order valence-electron chi connectivity index (χ1n) is 11.2. The lowest BCUT2D eigenvalue weighted by Gasteiger charge is -2.57. The Balaban J connectivity index is 1.44. The minimum absolute atomic E-state index is 0.115. The fourth-order valence-electron chi connectivity index (χ4n) is 8.05. The standard InChI is InChI=1S/C23H37NO2/c1-22-9-7-16(25)13-15(22)5-6-17-18(22)8-10-23(2)19(17)14-20(21(23)26)24-11-3-4-12-24/h5,16-21,25-26H,3-4,6-14H2,1-2H3/t16-,17+,18-,19-,20-,21-,22-,23-/m0/s1. The van der Waals surface area contributed by atoms with Gasteiger partial charge in [-0.1, -0.05) is 25.5 Å². The smallest absolute Gasteiger partial charge is 0.0751 e. The van der Waals surface area contributed by atoms with Gasteiger partial charge in [-0.3, -0.25) is 4.90 Å². The quantitative estimate of drug-likeness (QED) is 0.701. The molecule has 3 heteroatoms. The highest BCUT2D eigenvalue weighted by atomic mass is 16.3. The highest BCUT2D eigenvalue weighted by Crippen LogP contribution is 2.65. The lowest BCUT2D eigenvalue weighted by Crippen LogP contribution is -2.51. The van der Waals surface area contributed by atoms with Gasteiger partial charge in [0.1, 0.15) is 0 Å². The molecule has 0 aromatic heterocycles. The van der Waals surface area contributed by atoms with Gasteiger partial charge in [-0.2, -0.15) is 0 Å². The lowest BCUT2D eigenvalue weighted by atomic mass is 9.48. The van der Waals surface area contributed by atoms with Gasteiger partial charge in [-0.05, 0) is 99.5 Å². The lowest BCUT2D eigenvalue weighted by molar-refractivity contribution is -0.0769. The molecule has 1 aliphatic heterocycles. The van der Waals surface area contributed by atoms with Crippen molar-refractivity contribution in [1.82, 2.24) is 4.90 Å². The van der Waals surface area contributed by atoms with Crippen molar-refractivity contribution < 1.29 is 10.2 Å². The Hall–Kier alpha value is -0.380. The Morgan fingerprint density at radius 2 is 1.81 bits per heavy atom. The highest BCUT2D eigenvalue weighted by molar-refractivity contribution is 5.26. The van der Waals surface area contributed by atoms with E-state index < -0.39 is 0 Å². The van der Waals surface area contributed by atoms with Crippen LogP contribution < -0.4 is 0 Å². The average Bonchev–Trinajstić information content (AvgIpc) is 3.23. The van der Waals surface area contributed by atoms with Crippen LogP contribution in [0, 0.1) is 28.6 Å². The molecule has 0 aromatic carbocycles. The summed E-state index contributed by atoms with van der Waals surface area (Å²) in [6, 6.07) is 0.401. The zero-order chi connectivity index (χ0) is 18.1. The summed E-state index contributed by atoms with van der Waals surface area (Å²) in [6.45, 7) is 7.28. The SMILES string of the molecule is C[C@]12CC[C@H]3[C@@H](CC=C4C[C@@H](O)CC[C@@]43C)[C@@H]1C[C@H](N1CCCC1)[C@@H]2O. The predicted octanol–water partition coefficient (Wildman–Crippen LogP) is 3.75. The molecule has 8 atom stereocenters. The Morgan fingerprint density at radius 3 is 2.58 bits per heavy atom. The maximum absolute atomic E-state index is 11.3. The van der Waals surface area contributed by atoms with Crippen molar-refractivity contribution in [2.45, 2.75) is 89.9 Å². The van der Waals surface area contributed by atoms with Crippen LogP contribution in [0.1, 0.15) is 71.6 Å². The molecule has 0 bridgehead atoms. The summed E-state index contributed by atoms with van der Waals surface area (Å²) in [5.74, 6) is 2.17. The molecular formula is C23H37NO2. The summed E-state index contributed by atoms with van der Waals surface area (Å²) in [6.07, 6.45) is 12.7. The third kappa shape index (κ3) is 2.36. The van der Waals surface area contributed by atoms with E-state index in [4.69, 9.17) is 0 Å². The van der Waals surface area contributed by atoms with Crippen LogP contribution in [0.3, 0.4) is 0 Å². The van der Waals surface area contributed by atoms with Crippen LogP contribution in [0.25, 0.3) is 0 Å². The zero-order valence-electron chi connectivity index (χ0n) is 16.7. The van der Waals surface area contributed by atoms with Crippen molar-refractivity contribution in [1.29, 1.82) is 0 Å². The fraction of sp³-hybridized carbons (Fsp3) is 0.913. The molecule has 1 heterocycles. The molecule has 26 heavy (non-hydrogen) atoms. The topological polar surface area (TPSA) is 43.7 Å². The molecule has 0 spiro atoms. The van der Waals surface area contributed by atoms with Gasteiger partial charge in [0.05, 0.1) is 12.2 Å². The van der Waals surface area contributed by atoms with Gasteiger partial charge in [-0.25, -0.2) is 0 Å². The van der Waals surface area contributed by atoms with Gasteiger partial charge in [0.15, 0.2) is 0 Å². The molecule has 3 nitrogen and oxygen atoms in total. The Bertz CT molecular complexity index is 597. The van der Waals surface area contributed by atoms with Crippen molar-refractivity contribution >= 4 is 0 Å². The number of aliphatic hydroxyl groups is 2. The molecule has 5 rings (SSSR count).